The van der Waals surface area contributed by atoms with Crippen LogP contribution in [0, 0.1) is 0 Å². The molecule has 134 valence electrons. The molecule has 8 heteroatoms. The third-order valence-corrected chi connectivity index (χ3v) is 4.08. The van der Waals surface area contributed by atoms with Crippen molar-refractivity contribution in [3.05, 3.63) is 59.9 Å². The van der Waals surface area contributed by atoms with E-state index in [0.717, 1.165) is 28.9 Å². The van der Waals surface area contributed by atoms with Crippen LogP contribution in [-0.2, 0) is 12.7 Å². The Labute approximate surface area is 145 Å². The quantitative estimate of drug-likeness (QED) is 0.564. The van der Waals surface area contributed by atoms with Crippen molar-refractivity contribution in [2.75, 3.05) is 0 Å². The number of pyridine rings is 1. The van der Waals surface area contributed by atoms with E-state index in [-0.39, 0.29) is 18.1 Å². The van der Waals surface area contributed by atoms with Gasteiger partial charge in [-0.3, -0.25) is 10.3 Å². The van der Waals surface area contributed by atoms with Crippen molar-refractivity contribution in [3.63, 3.8) is 0 Å². The highest BCUT2D eigenvalue weighted by Crippen LogP contribution is 2.31. The lowest BCUT2D eigenvalue weighted by atomic mass is 10.2. The van der Waals surface area contributed by atoms with Crippen LogP contribution in [0.2, 0.25) is 0 Å². The van der Waals surface area contributed by atoms with Gasteiger partial charge < -0.3 is 8.83 Å². The van der Waals surface area contributed by atoms with Gasteiger partial charge in [0.2, 0.25) is 5.89 Å². The zero-order valence-corrected chi connectivity index (χ0v) is 13.7. The first-order valence-corrected chi connectivity index (χ1v) is 7.93. The maximum Gasteiger partial charge on any atom is 0.416 e. The number of rotatable bonds is 4. The van der Waals surface area contributed by atoms with Gasteiger partial charge in [-0.25, -0.2) is 4.98 Å². The Hall–Kier alpha value is -2.87. The molecule has 0 bridgehead atoms. The summed E-state index contributed by atoms with van der Waals surface area (Å²) >= 11 is 0. The summed E-state index contributed by atoms with van der Waals surface area (Å²) < 4.78 is 49.6. The van der Waals surface area contributed by atoms with Gasteiger partial charge in [0.05, 0.1) is 18.2 Å². The number of furan rings is 1. The average molecular weight is 361 g/mol. The van der Waals surface area contributed by atoms with Gasteiger partial charge in [0, 0.05) is 17.8 Å². The highest BCUT2D eigenvalue weighted by molar-refractivity contribution is 5.76. The first-order chi connectivity index (χ1) is 12.4. The Balaban J connectivity index is 1.50. The number of hydrogen-bond donors (Lipinski definition) is 1. The van der Waals surface area contributed by atoms with Gasteiger partial charge in [-0.1, -0.05) is 0 Å². The topological polar surface area (TPSA) is 64.1 Å². The molecule has 0 aliphatic carbocycles. The molecular weight excluding hydrogens is 347 g/mol. The van der Waals surface area contributed by atoms with Crippen molar-refractivity contribution in [1.82, 2.24) is 15.3 Å². The number of nitrogens with one attached hydrogen (secondary N) is 1. The van der Waals surface area contributed by atoms with E-state index in [2.05, 4.69) is 15.3 Å². The standard InChI is InChI=1S/C18H14F3N3O2/c1-10(16-6-11-8-22-5-4-14(11)25-16)23-9-17-24-13-7-12(18(19,20)21)2-3-15(13)26-17/h2-8,10,23H,9H2,1H3. The molecule has 1 N–H and O–H groups in total. The fraction of sp³-hybridized carbons (Fsp3) is 0.222. The smallest absolute Gasteiger partial charge is 0.416 e. The lowest BCUT2D eigenvalue weighted by Crippen LogP contribution is -2.17. The molecule has 1 aromatic carbocycles. The SMILES string of the molecule is CC(NCc1nc2cc(C(F)(F)F)ccc2o1)c1cc2cnccc2o1. The van der Waals surface area contributed by atoms with E-state index in [1.165, 1.54) is 6.07 Å². The number of aromatic nitrogens is 2. The van der Waals surface area contributed by atoms with Gasteiger partial charge >= 0.3 is 6.18 Å². The minimum Gasteiger partial charge on any atom is -0.459 e. The molecule has 0 amide bonds. The third kappa shape index (κ3) is 3.15. The second-order valence-corrected chi connectivity index (χ2v) is 5.95. The number of benzene rings is 1. The second kappa shape index (κ2) is 6.14. The molecule has 1 unspecified atom stereocenters. The summed E-state index contributed by atoms with van der Waals surface area (Å²) in [4.78, 5) is 8.17. The van der Waals surface area contributed by atoms with Crippen molar-refractivity contribution in [3.8, 4) is 0 Å². The molecule has 0 aliphatic heterocycles. The Bertz CT molecular complexity index is 1040. The van der Waals surface area contributed by atoms with E-state index >= 15 is 0 Å². The zero-order chi connectivity index (χ0) is 18.3. The molecule has 26 heavy (non-hydrogen) atoms. The molecule has 0 aliphatic rings. The van der Waals surface area contributed by atoms with Crippen LogP contribution in [0.15, 0.2) is 51.6 Å². The molecule has 3 aromatic heterocycles. The van der Waals surface area contributed by atoms with Gasteiger partial charge in [0.15, 0.2) is 5.58 Å². The number of alkyl halides is 3. The van der Waals surface area contributed by atoms with E-state index < -0.39 is 11.7 Å². The summed E-state index contributed by atoms with van der Waals surface area (Å²) in [5.41, 5.74) is 0.489. The van der Waals surface area contributed by atoms with Gasteiger partial charge in [0.25, 0.3) is 0 Å². The van der Waals surface area contributed by atoms with Gasteiger partial charge in [-0.2, -0.15) is 13.2 Å². The summed E-state index contributed by atoms with van der Waals surface area (Å²) in [7, 11) is 0. The first kappa shape index (κ1) is 16.6. The summed E-state index contributed by atoms with van der Waals surface area (Å²) in [6.07, 6.45) is -1.04. The Morgan fingerprint density at radius 2 is 1.96 bits per heavy atom. The van der Waals surface area contributed by atoms with Crippen LogP contribution < -0.4 is 5.32 Å². The summed E-state index contributed by atoms with van der Waals surface area (Å²) in [6, 6.07) is 6.79. The number of fused-ring (bicyclic) bond motifs is 2. The molecule has 0 fully saturated rings. The van der Waals surface area contributed by atoms with Crippen molar-refractivity contribution in [2.24, 2.45) is 0 Å². The fourth-order valence-electron chi connectivity index (χ4n) is 2.69. The highest BCUT2D eigenvalue weighted by atomic mass is 19.4. The summed E-state index contributed by atoms with van der Waals surface area (Å²) in [5, 5.41) is 4.09. The zero-order valence-electron chi connectivity index (χ0n) is 13.7. The Morgan fingerprint density at radius 3 is 2.73 bits per heavy atom. The van der Waals surface area contributed by atoms with Gasteiger partial charge in [0.1, 0.15) is 16.9 Å². The van der Waals surface area contributed by atoms with Crippen LogP contribution >= 0.6 is 0 Å². The predicted octanol–water partition coefficient (Wildman–Crippen LogP) is 4.84. The minimum absolute atomic E-state index is 0.136. The highest BCUT2D eigenvalue weighted by Gasteiger charge is 2.31. The predicted molar refractivity (Wildman–Crippen MR) is 88.3 cm³/mol. The van der Waals surface area contributed by atoms with Crippen LogP contribution in [0.4, 0.5) is 13.2 Å². The van der Waals surface area contributed by atoms with Crippen LogP contribution in [0.25, 0.3) is 22.1 Å². The van der Waals surface area contributed by atoms with Crippen molar-refractivity contribution < 1.29 is 22.0 Å². The number of oxazole rings is 1. The molecule has 1 atom stereocenters. The second-order valence-electron chi connectivity index (χ2n) is 5.95. The maximum atomic E-state index is 12.8. The van der Waals surface area contributed by atoms with Gasteiger partial charge in [-0.15, -0.1) is 0 Å². The molecule has 4 rings (SSSR count). The van der Waals surface area contributed by atoms with E-state index in [9.17, 15) is 13.2 Å². The van der Waals surface area contributed by atoms with Crippen LogP contribution in [0.5, 0.6) is 0 Å². The van der Waals surface area contributed by atoms with Crippen molar-refractivity contribution >= 4 is 22.1 Å². The maximum absolute atomic E-state index is 12.8. The van der Waals surface area contributed by atoms with E-state index in [0.29, 0.717) is 11.5 Å². The van der Waals surface area contributed by atoms with E-state index in [1.807, 2.05) is 13.0 Å². The minimum atomic E-state index is -4.41. The van der Waals surface area contributed by atoms with Crippen LogP contribution in [0.3, 0.4) is 0 Å². The molecule has 0 spiro atoms. The van der Waals surface area contributed by atoms with Crippen molar-refractivity contribution in [2.45, 2.75) is 25.7 Å². The Morgan fingerprint density at radius 1 is 1.12 bits per heavy atom. The molecular formula is C18H14F3N3O2. The molecule has 5 nitrogen and oxygen atoms in total. The largest absolute Gasteiger partial charge is 0.459 e. The molecule has 3 heterocycles. The monoisotopic (exact) mass is 361 g/mol. The lowest BCUT2D eigenvalue weighted by molar-refractivity contribution is -0.137. The van der Waals surface area contributed by atoms with E-state index in [4.69, 9.17) is 8.83 Å². The van der Waals surface area contributed by atoms with Crippen LogP contribution in [0.1, 0.15) is 30.2 Å². The fourth-order valence-corrected chi connectivity index (χ4v) is 2.69. The average Bonchev–Trinajstić information content (AvgIpc) is 3.21. The lowest BCUT2D eigenvalue weighted by Gasteiger charge is -2.08. The summed E-state index contributed by atoms with van der Waals surface area (Å²) in [5.74, 6) is 1.03. The Kier molecular flexibility index (Phi) is 3.91. The third-order valence-electron chi connectivity index (χ3n) is 4.08. The normalized spacial score (nSPS) is 13.5. The molecule has 0 saturated heterocycles. The van der Waals surface area contributed by atoms with Crippen LogP contribution in [-0.4, -0.2) is 9.97 Å². The molecule has 0 saturated carbocycles. The van der Waals surface area contributed by atoms with Gasteiger partial charge in [-0.05, 0) is 37.3 Å². The number of nitrogens with zero attached hydrogens (tertiary/aromatic N) is 2. The van der Waals surface area contributed by atoms with E-state index in [1.54, 1.807) is 18.5 Å². The van der Waals surface area contributed by atoms with Crippen molar-refractivity contribution in [1.29, 1.82) is 0 Å². The number of hydrogen-bond acceptors (Lipinski definition) is 5. The molecule has 0 radical (unpaired) electrons. The molecule has 4 aromatic rings. The first-order valence-electron chi connectivity index (χ1n) is 7.93. The number of halogens is 3. The summed E-state index contributed by atoms with van der Waals surface area (Å²) in [6.45, 7) is 2.17.